The third-order valence-corrected chi connectivity index (χ3v) is 5.31. The lowest BCUT2D eigenvalue weighted by molar-refractivity contribution is 0.0689. The van der Waals surface area contributed by atoms with E-state index < -0.39 is 5.97 Å². The average Bonchev–Trinajstić information content (AvgIpc) is 3.31. The summed E-state index contributed by atoms with van der Waals surface area (Å²) in [7, 11) is 3.03. The lowest BCUT2D eigenvalue weighted by atomic mass is 10.0. The molecular formula is C25H20N4O5. The summed E-state index contributed by atoms with van der Waals surface area (Å²) in [5, 5.41) is 26.7. The monoisotopic (exact) mass is 456 g/mol. The molecule has 0 saturated carbocycles. The summed E-state index contributed by atoms with van der Waals surface area (Å²) in [4.78, 5) is 24.4. The van der Waals surface area contributed by atoms with Crippen molar-refractivity contribution in [2.45, 2.75) is 0 Å². The number of benzene rings is 3. The maximum absolute atomic E-state index is 12.6. The third-order valence-electron chi connectivity index (χ3n) is 5.31. The van der Waals surface area contributed by atoms with Crippen molar-refractivity contribution in [3.8, 4) is 34.5 Å². The first kappa shape index (κ1) is 22.4. The van der Waals surface area contributed by atoms with Gasteiger partial charge < -0.3 is 19.9 Å². The van der Waals surface area contributed by atoms with Crippen LogP contribution in [0.2, 0.25) is 0 Å². The van der Waals surface area contributed by atoms with E-state index in [4.69, 9.17) is 14.7 Å². The molecular weight excluding hydrogens is 436 g/mol. The molecule has 2 N–H and O–H groups in total. The van der Waals surface area contributed by atoms with Gasteiger partial charge in [0.25, 0.3) is 5.91 Å². The van der Waals surface area contributed by atoms with Crippen LogP contribution in [0.1, 0.15) is 20.8 Å². The van der Waals surface area contributed by atoms with Crippen LogP contribution in [0.4, 0.5) is 0 Å². The quantitative estimate of drug-likeness (QED) is 0.406. The van der Waals surface area contributed by atoms with Gasteiger partial charge in [0.2, 0.25) is 0 Å². The molecule has 0 radical (unpaired) electrons. The average molecular weight is 456 g/mol. The summed E-state index contributed by atoms with van der Waals surface area (Å²) in [6.45, 7) is -0.117. The van der Waals surface area contributed by atoms with E-state index in [0.717, 1.165) is 0 Å². The summed E-state index contributed by atoms with van der Waals surface area (Å²) in [6.07, 6.45) is 0. The van der Waals surface area contributed by atoms with Crippen molar-refractivity contribution in [2.24, 2.45) is 0 Å². The lowest BCUT2D eigenvalue weighted by Crippen LogP contribution is -2.23. The standard InChI is InChI=1S/C25H20N4O5/c1-33-21-8-5-9-22(34-2)23(21)20-14-18(25(31)32)28-29(20)19-11-10-17(24(30)27-13-12-26)15-6-3-4-7-16(15)19/h3-11,14H,13H2,1-2H3,(H,27,30)(H,31,32). The minimum absolute atomic E-state index is 0.117. The maximum Gasteiger partial charge on any atom is 0.356 e. The zero-order valence-electron chi connectivity index (χ0n) is 18.4. The molecule has 9 nitrogen and oxygen atoms in total. The second-order valence-corrected chi connectivity index (χ2v) is 7.19. The van der Waals surface area contributed by atoms with E-state index in [2.05, 4.69) is 10.4 Å². The van der Waals surface area contributed by atoms with Crippen LogP contribution in [0.3, 0.4) is 0 Å². The normalized spacial score (nSPS) is 10.5. The van der Waals surface area contributed by atoms with Crippen molar-refractivity contribution < 1.29 is 24.2 Å². The number of carboxylic acids is 1. The van der Waals surface area contributed by atoms with Gasteiger partial charge in [-0.05, 0) is 35.7 Å². The fourth-order valence-electron chi connectivity index (χ4n) is 3.83. The number of hydrogen-bond acceptors (Lipinski definition) is 6. The third kappa shape index (κ3) is 3.89. The minimum atomic E-state index is -1.19. The van der Waals surface area contributed by atoms with Crippen molar-refractivity contribution in [2.75, 3.05) is 20.8 Å². The SMILES string of the molecule is COc1cccc(OC)c1-c1cc(C(=O)O)nn1-c1ccc(C(=O)NCC#N)c2ccccc12. The number of fused-ring (bicyclic) bond motifs is 1. The van der Waals surface area contributed by atoms with Gasteiger partial charge in [-0.3, -0.25) is 4.79 Å². The number of carbonyl (C=O) groups excluding carboxylic acids is 1. The zero-order chi connectivity index (χ0) is 24.2. The van der Waals surface area contributed by atoms with Crippen molar-refractivity contribution in [1.82, 2.24) is 15.1 Å². The topological polar surface area (TPSA) is 126 Å². The van der Waals surface area contributed by atoms with Crippen LogP contribution in [0, 0.1) is 11.3 Å². The predicted molar refractivity (Wildman–Crippen MR) is 125 cm³/mol. The maximum atomic E-state index is 12.6. The Balaban J connectivity index is 2.01. The van der Waals surface area contributed by atoms with Crippen LogP contribution < -0.4 is 14.8 Å². The fourth-order valence-corrected chi connectivity index (χ4v) is 3.83. The second-order valence-electron chi connectivity index (χ2n) is 7.19. The van der Waals surface area contributed by atoms with Crippen LogP contribution in [0.15, 0.2) is 60.7 Å². The Morgan fingerprint density at radius 1 is 1.03 bits per heavy atom. The summed E-state index contributed by atoms with van der Waals surface area (Å²) in [6, 6.07) is 19.1. The molecule has 0 fully saturated rings. The molecule has 0 aliphatic heterocycles. The molecule has 170 valence electrons. The summed E-state index contributed by atoms with van der Waals surface area (Å²) >= 11 is 0. The number of aromatic carboxylic acids is 1. The number of carboxylic acid groups (broad SMARTS) is 1. The van der Waals surface area contributed by atoms with E-state index in [1.165, 1.54) is 25.0 Å². The molecule has 0 unspecified atom stereocenters. The van der Waals surface area contributed by atoms with Gasteiger partial charge in [0, 0.05) is 10.9 Å². The van der Waals surface area contributed by atoms with Gasteiger partial charge in [0.05, 0.1) is 37.2 Å². The second kappa shape index (κ2) is 9.34. The van der Waals surface area contributed by atoms with Crippen molar-refractivity contribution in [1.29, 1.82) is 5.26 Å². The number of hydrogen-bond donors (Lipinski definition) is 2. The Hall–Kier alpha value is -4.84. The first-order valence-electron chi connectivity index (χ1n) is 10.2. The number of amides is 1. The van der Waals surface area contributed by atoms with Gasteiger partial charge in [-0.25, -0.2) is 9.48 Å². The Morgan fingerprint density at radius 3 is 2.32 bits per heavy atom. The number of nitrogens with one attached hydrogen (secondary N) is 1. The smallest absolute Gasteiger partial charge is 0.356 e. The molecule has 3 aromatic carbocycles. The van der Waals surface area contributed by atoms with Gasteiger partial charge in [0.1, 0.15) is 18.0 Å². The van der Waals surface area contributed by atoms with Crippen LogP contribution in [-0.2, 0) is 0 Å². The molecule has 0 aliphatic rings. The molecule has 1 heterocycles. The molecule has 1 amide bonds. The van der Waals surface area contributed by atoms with E-state index in [0.29, 0.717) is 44.8 Å². The molecule has 4 rings (SSSR count). The molecule has 4 aromatic rings. The van der Waals surface area contributed by atoms with E-state index in [9.17, 15) is 14.7 Å². The highest BCUT2D eigenvalue weighted by Crippen LogP contribution is 2.40. The lowest BCUT2D eigenvalue weighted by Gasteiger charge is -2.16. The Bertz CT molecular complexity index is 1430. The molecule has 34 heavy (non-hydrogen) atoms. The predicted octanol–water partition coefficient (Wildman–Crippen LogP) is 3.66. The van der Waals surface area contributed by atoms with E-state index in [1.54, 1.807) is 42.5 Å². The van der Waals surface area contributed by atoms with Gasteiger partial charge in [0.15, 0.2) is 5.69 Å². The number of rotatable bonds is 7. The first-order chi connectivity index (χ1) is 16.5. The van der Waals surface area contributed by atoms with Crippen molar-refractivity contribution >= 4 is 22.6 Å². The molecule has 1 aromatic heterocycles. The Labute approximate surface area is 194 Å². The summed E-state index contributed by atoms with van der Waals surface area (Å²) < 4.78 is 12.6. The number of carbonyl (C=O) groups is 2. The molecule has 0 saturated heterocycles. The Morgan fingerprint density at radius 2 is 1.71 bits per heavy atom. The summed E-state index contributed by atoms with van der Waals surface area (Å²) in [5.41, 5.74) is 1.76. The fraction of sp³-hybridized carbons (Fsp3) is 0.120. The van der Waals surface area contributed by atoms with Crippen LogP contribution in [0.5, 0.6) is 11.5 Å². The Kier molecular flexibility index (Phi) is 6.14. The largest absolute Gasteiger partial charge is 0.496 e. The number of aromatic nitrogens is 2. The van der Waals surface area contributed by atoms with E-state index in [-0.39, 0.29) is 18.1 Å². The number of ether oxygens (including phenoxy) is 2. The number of nitriles is 1. The molecule has 9 heteroatoms. The van der Waals surface area contributed by atoms with E-state index in [1.807, 2.05) is 18.2 Å². The summed E-state index contributed by atoms with van der Waals surface area (Å²) in [5.74, 6) is -0.614. The van der Waals surface area contributed by atoms with Crippen LogP contribution >= 0.6 is 0 Å². The highest BCUT2D eigenvalue weighted by molar-refractivity contribution is 6.09. The number of nitrogens with zero attached hydrogens (tertiary/aromatic N) is 3. The molecule has 0 atom stereocenters. The first-order valence-corrected chi connectivity index (χ1v) is 10.2. The van der Waals surface area contributed by atoms with Gasteiger partial charge >= 0.3 is 5.97 Å². The molecule has 0 aliphatic carbocycles. The van der Waals surface area contributed by atoms with Crippen LogP contribution in [-0.4, -0.2) is 47.5 Å². The molecule has 0 bridgehead atoms. The van der Waals surface area contributed by atoms with E-state index >= 15 is 0 Å². The minimum Gasteiger partial charge on any atom is -0.496 e. The molecule has 0 spiro atoms. The number of methoxy groups -OCH3 is 2. The van der Waals surface area contributed by atoms with Gasteiger partial charge in [-0.15, -0.1) is 0 Å². The zero-order valence-corrected chi connectivity index (χ0v) is 18.4. The van der Waals surface area contributed by atoms with Crippen LogP contribution in [0.25, 0.3) is 27.7 Å². The highest BCUT2D eigenvalue weighted by atomic mass is 16.5. The van der Waals surface area contributed by atoms with Gasteiger partial charge in [-0.1, -0.05) is 30.3 Å². The van der Waals surface area contributed by atoms with Crippen molar-refractivity contribution in [3.05, 3.63) is 71.9 Å². The van der Waals surface area contributed by atoms with Gasteiger partial charge in [-0.2, -0.15) is 10.4 Å². The highest BCUT2D eigenvalue weighted by Gasteiger charge is 2.23. The van der Waals surface area contributed by atoms with Crippen molar-refractivity contribution in [3.63, 3.8) is 0 Å².